The Labute approximate surface area is 137 Å². The van der Waals surface area contributed by atoms with Crippen molar-refractivity contribution in [2.24, 2.45) is 0 Å². The van der Waals surface area contributed by atoms with Gasteiger partial charge in [0.25, 0.3) is 0 Å². The van der Waals surface area contributed by atoms with Gasteiger partial charge in [0.15, 0.2) is 11.5 Å². The second-order valence-electron chi connectivity index (χ2n) is 5.94. The van der Waals surface area contributed by atoms with Gasteiger partial charge in [0, 0.05) is 11.7 Å². The third kappa shape index (κ3) is 3.42. The van der Waals surface area contributed by atoms with Gasteiger partial charge in [-0.15, -0.1) is 0 Å². The number of nitrogen functional groups attached to an aromatic ring is 1. The Morgan fingerprint density at radius 1 is 1.09 bits per heavy atom. The first kappa shape index (κ1) is 15.7. The van der Waals surface area contributed by atoms with Crippen LogP contribution in [-0.4, -0.2) is 20.8 Å². The summed E-state index contributed by atoms with van der Waals surface area (Å²) in [5, 5.41) is 3.62. The van der Waals surface area contributed by atoms with E-state index in [1.165, 1.54) is 16.7 Å². The van der Waals surface area contributed by atoms with Gasteiger partial charge < -0.3 is 20.5 Å². The maximum atomic E-state index is 5.75. The zero-order chi connectivity index (χ0) is 16.2. The fourth-order valence-electron chi connectivity index (χ4n) is 3.22. The van der Waals surface area contributed by atoms with Gasteiger partial charge in [0.2, 0.25) is 0 Å². The molecule has 1 unspecified atom stereocenters. The van der Waals surface area contributed by atoms with E-state index in [-0.39, 0.29) is 0 Å². The second kappa shape index (κ2) is 6.92. The van der Waals surface area contributed by atoms with E-state index in [2.05, 4.69) is 29.6 Å². The molecule has 3 N–H and O–H groups in total. The Bertz CT molecular complexity index is 668. The van der Waals surface area contributed by atoms with Gasteiger partial charge in [-0.1, -0.05) is 12.1 Å². The minimum absolute atomic E-state index is 0.344. The summed E-state index contributed by atoms with van der Waals surface area (Å²) in [5.41, 5.74) is 10.5. The number of benzene rings is 2. The van der Waals surface area contributed by atoms with Crippen LogP contribution in [0.15, 0.2) is 36.4 Å². The number of methoxy groups -OCH3 is 2. The third-order valence-electron chi connectivity index (χ3n) is 4.51. The highest BCUT2D eigenvalue weighted by atomic mass is 16.5. The molecule has 0 saturated carbocycles. The lowest BCUT2D eigenvalue weighted by atomic mass is 9.90. The van der Waals surface area contributed by atoms with Crippen molar-refractivity contribution >= 4 is 5.69 Å². The fourth-order valence-corrected chi connectivity index (χ4v) is 3.22. The molecule has 122 valence electrons. The third-order valence-corrected chi connectivity index (χ3v) is 4.51. The predicted octanol–water partition coefficient (Wildman–Crippen LogP) is 3.11. The topological polar surface area (TPSA) is 56.5 Å². The molecule has 1 aliphatic heterocycles. The molecule has 0 radical (unpaired) electrons. The van der Waals surface area contributed by atoms with Crippen LogP contribution in [0.3, 0.4) is 0 Å². The van der Waals surface area contributed by atoms with Gasteiger partial charge in [0.1, 0.15) is 0 Å². The summed E-state index contributed by atoms with van der Waals surface area (Å²) in [7, 11) is 3.37. The minimum Gasteiger partial charge on any atom is -0.493 e. The van der Waals surface area contributed by atoms with Gasteiger partial charge in [0.05, 0.1) is 14.2 Å². The Morgan fingerprint density at radius 2 is 1.78 bits per heavy atom. The van der Waals surface area contributed by atoms with E-state index in [0.717, 1.165) is 43.0 Å². The van der Waals surface area contributed by atoms with Crippen molar-refractivity contribution in [3.05, 3.63) is 53.1 Å². The summed E-state index contributed by atoms with van der Waals surface area (Å²) in [5.74, 6) is 1.61. The van der Waals surface area contributed by atoms with E-state index in [1.807, 2.05) is 12.1 Å². The molecule has 1 aliphatic rings. The molecule has 0 saturated heterocycles. The van der Waals surface area contributed by atoms with Crippen molar-refractivity contribution in [2.75, 3.05) is 26.5 Å². The summed E-state index contributed by atoms with van der Waals surface area (Å²) in [4.78, 5) is 0. The molecule has 1 atom stereocenters. The van der Waals surface area contributed by atoms with Gasteiger partial charge >= 0.3 is 0 Å². The molecule has 0 bridgehead atoms. The largest absolute Gasteiger partial charge is 0.493 e. The summed E-state index contributed by atoms with van der Waals surface area (Å²) in [6.07, 6.45) is 3.09. The number of anilines is 1. The van der Waals surface area contributed by atoms with E-state index >= 15 is 0 Å². The average molecular weight is 312 g/mol. The lowest BCUT2D eigenvalue weighted by Crippen LogP contribution is -2.30. The number of fused-ring (bicyclic) bond motifs is 1. The molecule has 0 aromatic heterocycles. The quantitative estimate of drug-likeness (QED) is 0.833. The number of nitrogens with one attached hydrogen (secondary N) is 1. The highest BCUT2D eigenvalue weighted by Gasteiger charge is 2.22. The molecule has 2 aromatic carbocycles. The minimum atomic E-state index is 0.344. The van der Waals surface area contributed by atoms with Crippen molar-refractivity contribution < 1.29 is 9.47 Å². The van der Waals surface area contributed by atoms with Crippen molar-refractivity contribution in [1.29, 1.82) is 0 Å². The Hall–Kier alpha value is -2.20. The molecule has 4 heteroatoms. The molecule has 0 fully saturated rings. The number of hydrogen-bond acceptors (Lipinski definition) is 4. The normalized spacial score (nSPS) is 16.7. The average Bonchev–Trinajstić information content (AvgIpc) is 2.60. The first-order valence-electron chi connectivity index (χ1n) is 8.04. The SMILES string of the molecule is COc1cc2c(cc1OC)C(CCc1ccc(N)cc1)NCC2. The molecule has 1 heterocycles. The van der Waals surface area contributed by atoms with E-state index in [9.17, 15) is 0 Å². The Balaban J connectivity index is 1.79. The van der Waals surface area contributed by atoms with Crippen LogP contribution in [0.2, 0.25) is 0 Å². The molecular weight excluding hydrogens is 288 g/mol. The second-order valence-corrected chi connectivity index (χ2v) is 5.94. The maximum Gasteiger partial charge on any atom is 0.161 e. The van der Waals surface area contributed by atoms with Crippen LogP contribution in [0.5, 0.6) is 11.5 Å². The van der Waals surface area contributed by atoms with Crippen LogP contribution in [0, 0.1) is 0 Å². The number of aryl methyl sites for hydroxylation is 1. The van der Waals surface area contributed by atoms with E-state index < -0.39 is 0 Å². The molecule has 23 heavy (non-hydrogen) atoms. The van der Waals surface area contributed by atoms with Crippen LogP contribution >= 0.6 is 0 Å². The molecule has 3 rings (SSSR count). The number of nitrogens with two attached hydrogens (primary N) is 1. The molecule has 0 amide bonds. The monoisotopic (exact) mass is 312 g/mol. The summed E-state index contributed by atoms with van der Waals surface area (Å²) < 4.78 is 10.9. The van der Waals surface area contributed by atoms with Gasteiger partial charge in [-0.05, 0) is 66.8 Å². The van der Waals surface area contributed by atoms with Gasteiger partial charge in [-0.3, -0.25) is 0 Å². The lowest BCUT2D eigenvalue weighted by Gasteiger charge is -2.28. The smallest absolute Gasteiger partial charge is 0.161 e. The standard InChI is InChI=1S/C19H24N2O2/c1-22-18-11-14-9-10-21-17(16(14)12-19(18)23-2)8-5-13-3-6-15(20)7-4-13/h3-4,6-7,11-12,17,21H,5,8-10,20H2,1-2H3. The number of rotatable bonds is 5. The highest BCUT2D eigenvalue weighted by molar-refractivity contribution is 5.49. The molecule has 4 nitrogen and oxygen atoms in total. The first-order chi connectivity index (χ1) is 11.2. The van der Waals surface area contributed by atoms with Crippen LogP contribution < -0.4 is 20.5 Å². The number of hydrogen-bond donors (Lipinski definition) is 2. The fraction of sp³-hybridized carbons (Fsp3) is 0.368. The lowest BCUT2D eigenvalue weighted by molar-refractivity contribution is 0.351. The van der Waals surface area contributed by atoms with Crippen LogP contribution in [-0.2, 0) is 12.8 Å². The Morgan fingerprint density at radius 3 is 2.48 bits per heavy atom. The molecule has 0 aliphatic carbocycles. The number of ether oxygens (including phenoxy) is 2. The highest BCUT2D eigenvalue weighted by Crippen LogP contribution is 2.36. The zero-order valence-electron chi connectivity index (χ0n) is 13.8. The Kier molecular flexibility index (Phi) is 4.72. The van der Waals surface area contributed by atoms with E-state index in [0.29, 0.717) is 6.04 Å². The maximum absolute atomic E-state index is 5.75. The van der Waals surface area contributed by atoms with Crippen molar-refractivity contribution in [1.82, 2.24) is 5.32 Å². The van der Waals surface area contributed by atoms with E-state index in [1.54, 1.807) is 14.2 Å². The van der Waals surface area contributed by atoms with Crippen LogP contribution in [0.25, 0.3) is 0 Å². The van der Waals surface area contributed by atoms with Gasteiger partial charge in [-0.25, -0.2) is 0 Å². The molecule has 2 aromatic rings. The first-order valence-corrected chi connectivity index (χ1v) is 8.04. The molecular formula is C19H24N2O2. The van der Waals surface area contributed by atoms with Crippen LogP contribution in [0.1, 0.15) is 29.2 Å². The summed E-state index contributed by atoms with van der Waals surface area (Å²) in [6.45, 7) is 0.995. The molecule has 0 spiro atoms. The van der Waals surface area contributed by atoms with Gasteiger partial charge in [-0.2, -0.15) is 0 Å². The van der Waals surface area contributed by atoms with Crippen molar-refractivity contribution in [3.8, 4) is 11.5 Å². The van der Waals surface area contributed by atoms with Crippen molar-refractivity contribution in [3.63, 3.8) is 0 Å². The predicted molar refractivity (Wildman–Crippen MR) is 93.2 cm³/mol. The van der Waals surface area contributed by atoms with Crippen molar-refractivity contribution in [2.45, 2.75) is 25.3 Å². The summed E-state index contributed by atoms with van der Waals surface area (Å²) in [6, 6.07) is 12.7. The summed E-state index contributed by atoms with van der Waals surface area (Å²) >= 11 is 0. The van der Waals surface area contributed by atoms with Crippen LogP contribution in [0.4, 0.5) is 5.69 Å². The zero-order valence-corrected chi connectivity index (χ0v) is 13.8. The van der Waals surface area contributed by atoms with E-state index in [4.69, 9.17) is 15.2 Å².